The number of aromatic nitrogens is 1. The zero-order valence-electron chi connectivity index (χ0n) is 7.73. The third kappa shape index (κ3) is 2.42. The van der Waals surface area contributed by atoms with Crippen LogP contribution in [-0.4, -0.2) is 0 Å². The summed E-state index contributed by atoms with van der Waals surface area (Å²) in [6.45, 7) is 0.917. The number of hydrogen-bond acceptors (Lipinski definition) is 0. The van der Waals surface area contributed by atoms with Crippen LogP contribution in [0.25, 0.3) is 0 Å². The Balaban J connectivity index is 2.19. The van der Waals surface area contributed by atoms with E-state index in [4.69, 9.17) is 0 Å². The molecule has 14 heavy (non-hydrogen) atoms. The van der Waals surface area contributed by atoms with Crippen LogP contribution >= 0.6 is 15.9 Å². The fourth-order valence-corrected chi connectivity index (χ4v) is 1.80. The molecule has 0 unspecified atom stereocenters. The van der Waals surface area contributed by atoms with E-state index in [-0.39, 0.29) is 0 Å². The molecule has 2 aromatic rings. The average Bonchev–Trinajstić information content (AvgIpc) is 2.19. The Hall–Kier alpha value is -1.15. The first kappa shape index (κ1) is 9.41. The maximum absolute atomic E-state index is 3.45. The molecular weight excluding hydrogens is 238 g/mol. The summed E-state index contributed by atoms with van der Waals surface area (Å²) in [5.41, 5.74) is 1.32. The lowest BCUT2D eigenvalue weighted by atomic mass is 10.2. The van der Waals surface area contributed by atoms with Crippen LogP contribution in [0.4, 0.5) is 0 Å². The maximum Gasteiger partial charge on any atom is 0.183 e. The van der Waals surface area contributed by atoms with E-state index in [2.05, 4.69) is 57.2 Å². The van der Waals surface area contributed by atoms with Gasteiger partial charge in [0.25, 0.3) is 0 Å². The lowest BCUT2D eigenvalue weighted by Crippen LogP contribution is -2.33. The Morgan fingerprint density at radius 3 is 2.50 bits per heavy atom. The van der Waals surface area contributed by atoms with Gasteiger partial charge >= 0.3 is 0 Å². The van der Waals surface area contributed by atoms with Gasteiger partial charge in [-0.05, 0) is 22.0 Å². The Morgan fingerprint density at radius 1 is 1.00 bits per heavy atom. The van der Waals surface area contributed by atoms with Crippen molar-refractivity contribution in [2.45, 2.75) is 6.54 Å². The molecule has 70 valence electrons. The summed E-state index contributed by atoms with van der Waals surface area (Å²) in [7, 11) is 0. The molecule has 0 bridgehead atoms. The molecule has 0 saturated heterocycles. The number of hydrogen-bond donors (Lipinski definition) is 0. The maximum atomic E-state index is 3.45. The zero-order valence-corrected chi connectivity index (χ0v) is 9.31. The Morgan fingerprint density at radius 2 is 1.79 bits per heavy atom. The predicted octanol–water partition coefficient (Wildman–Crippen LogP) is 2.78. The smallest absolute Gasteiger partial charge is 0.183 e. The van der Waals surface area contributed by atoms with Gasteiger partial charge in [0.05, 0.1) is 4.47 Å². The van der Waals surface area contributed by atoms with Crippen molar-refractivity contribution in [1.29, 1.82) is 0 Å². The summed E-state index contributed by atoms with van der Waals surface area (Å²) < 4.78 is 3.26. The second-order valence-electron chi connectivity index (χ2n) is 3.18. The number of benzene rings is 1. The van der Waals surface area contributed by atoms with Crippen molar-refractivity contribution in [2.24, 2.45) is 0 Å². The molecule has 0 atom stereocenters. The largest absolute Gasteiger partial charge is 0.200 e. The molecule has 1 aromatic carbocycles. The van der Waals surface area contributed by atoms with Crippen LogP contribution in [0.15, 0.2) is 59.3 Å². The fraction of sp³-hybridized carbons (Fsp3) is 0.0833. The van der Waals surface area contributed by atoms with Gasteiger partial charge in [0.2, 0.25) is 0 Å². The van der Waals surface area contributed by atoms with E-state index >= 15 is 0 Å². The molecule has 0 N–H and O–H groups in total. The van der Waals surface area contributed by atoms with Gasteiger partial charge in [-0.1, -0.05) is 30.3 Å². The van der Waals surface area contributed by atoms with Crippen molar-refractivity contribution in [1.82, 2.24) is 0 Å². The highest BCUT2D eigenvalue weighted by Crippen LogP contribution is 2.04. The third-order valence-electron chi connectivity index (χ3n) is 2.03. The second kappa shape index (κ2) is 4.38. The minimum Gasteiger partial charge on any atom is -0.200 e. The van der Waals surface area contributed by atoms with Crippen molar-refractivity contribution in [3.05, 3.63) is 64.9 Å². The van der Waals surface area contributed by atoms with Crippen LogP contribution in [0, 0.1) is 0 Å². The molecule has 1 aromatic heterocycles. The summed E-state index contributed by atoms with van der Waals surface area (Å²) in [5.74, 6) is 0. The highest BCUT2D eigenvalue weighted by atomic mass is 79.9. The average molecular weight is 249 g/mol. The molecule has 1 nitrogen and oxygen atoms in total. The summed E-state index contributed by atoms with van der Waals surface area (Å²) in [5, 5.41) is 0. The molecule has 0 spiro atoms. The zero-order chi connectivity index (χ0) is 9.80. The molecule has 1 heterocycles. The molecular formula is C12H11BrN+. The number of nitrogens with zero attached hydrogens (tertiary/aromatic N) is 1. The summed E-state index contributed by atoms with van der Waals surface area (Å²) in [6.07, 6.45) is 4.14. The van der Waals surface area contributed by atoms with Gasteiger partial charge in [-0.2, -0.15) is 4.57 Å². The van der Waals surface area contributed by atoms with Crippen molar-refractivity contribution >= 4 is 15.9 Å². The van der Waals surface area contributed by atoms with Crippen LogP contribution in [0.2, 0.25) is 0 Å². The minimum absolute atomic E-state index is 0.917. The van der Waals surface area contributed by atoms with Gasteiger partial charge in [0, 0.05) is 11.6 Å². The lowest BCUT2D eigenvalue weighted by Gasteiger charge is -1.97. The molecule has 0 aliphatic carbocycles. The molecule has 0 saturated carbocycles. The molecule has 0 amide bonds. The van der Waals surface area contributed by atoms with Crippen LogP contribution < -0.4 is 4.57 Å². The van der Waals surface area contributed by atoms with Crippen molar-refractivity contribution < 1.29 is 4.57 Å². The Labute approximate surface area is 92.2 Å². The van der Waals surface area contributed by atoms with Gasteiger partial charge in [-0.25, -0.2) is 0 Å². The van der Waals surface area contributed by atoms with E-state index in [1.54, 1.807) is 0 Å². The molecule has 0 aliphatic rings. The van der Waals surface area contributed by atoms with E-state index < -0.39 is 0 Å². The SMILES string of the molecule is Brc1ccc[n+](Cc2ccccc2)c1. The lowest BCUT2D eigenvalue weighted by molar-refractivity contribution is -0.688. The van der Waals surface area contributed by atoms with Gasteiger partial charge in [0.1, 0.15) is 0 Å². The summed E-state index contributed by atoms with van der Waals surface area (Å²) in [6, 6.07) is 14.5. The summed E-state index contributed by atoms with van der Waals surface area (Å²) >= 11 is 3.45. The van der Waals surface area contributed by atoms with Crippen molar-refractivity contribution in [3.63, 3.8) is 0 Å². The van der Waals surface area contributed by atoms with E-state index in [1.807, 2.05) is 18.2 Å². The third-order valence-corrected chi connectivity index (χ3v) is 2.50. The standard InChI is InChI=1S/C12H11BrN/c13-12-7-4-8-14(10-12)9-11-5-2-1-3-6-11/h1-8,10H,9H2/q+1. The van der Waals surface area contributed by atoms with Crippen LogP contribution in [0.5, 0.6) is 0 Å². The van der Waals surface area contributed by atoms with Crippen LogP contribution in [0.3, 0.4) is 0 Å². The highest BCUT2D eigenvalue weighted by molar-refractivity contribution is 9.10. The minimum atomic E-state index is 0.917. The second-order valence-corrected chi connectivity index (χ2v) is 4.10. The number of halogens is 1. The number of pyridine rings is 1. The predicted molar refractivity (Wildman–Crippen MR) is 59.9 cm³/mol. The van der Waals surface area contributed by atoms with E-state index in [0.717, 1.165) is 11.0 Å². The molecule has 2 rings (SSSR count). The van der Waals surface area contributed by atoms with Crippen LogP contribution in [-0.2, 0) is 6.54 Å². The normalized spacial score (nSPS) is 10.1. The Bertz CT molecular complexity index is 412. The molecule has 0 aliphatic heterocycles. The van der Waals surface area contributed by atoms with Crippen molar-refractivity contribution in [2.75, 3.05) is 0 Å². The highest BCUT2D eigenvalue weighted by Gasteiger charge is 2.01. The quantitative estimate of drug-likeness (QED) is 0.720. The van der Waals surface area contributed by atoms with Gasteiger partial charge in [0.15, 0.2) is 18.9 Å². The van der Waals surface area contributed by atoms with Gasteiger partial charge in [-0.3, -0.25) is 0 Å². The number of rotatable bonds is 2. The fourth-order valence-electron chi connectivity index (χ4n) is 1.38. The topological polar surface area (TPSA) is 3.88 Å². The monoisotopic (exact) mass is 248 g/mol. The van der Waals surface area contributed by atoms with Gasteiger partial charge < -0.3 is 0 Å². The first-order chi connectivity index (χ1) is 6.84. The van der Waals surface area contributed by atoms with Crippen LogP contribution in [0.1, 0.15) is 5.56 Å². The first-order valence-electron chi connectivity index (χ1n) is 4.53. The van der Waals surface area contributed by atoms with E-state index in [1.165, 1.54) is 5.56 Å². The van der Waals surface area contributed by atoms with Crippen molar-refractivity contribution in [3.8, 4) is 0 Å². The first-order valence-corrected chi connectivity index (χ1v) is 5.32. The van der Waals surface area contributed by atoms with Gasteiger partial charge in [-0.15, -0.1) is 0 Å². The Kier molecular flexibility index (Phi) is 2.94. The van der Waals surface area contributed by atoms with E-state index in [9.17, 15) is 0 Å². The van der Waals surface area contributed by atoms with E-state index in [0.29, 0.717) is 0 Å². The molecule has 0 fully saturated rings. The molecule has 2 heteroatoms. The molecule has 0 radical (unpaired) electrons. The summed E-state index contributed by atoms with van der Waals surface area (Å²) in [4.78, 5) is 0.